The van der Waals surface area contributed by atoms with Crippen LogP contribution >= 0.6 is 22.9 Å². The monoisotopic (exact) mass is 401 g/mol. The van der Waals surface area contributed by atoms with Crippen LogP contribution in [0.5, 0.6) is 0 Å². The molecule has 0 fully saturated rings. The standard InChI is InChI=1S/C14H10ClF6N3S/c1-3-7(8-4-5-9(15)25-8)22-11-6(2)10(13(16,17)18)23-12(24-11)14(19,20)21/h3-5H,1-2H3,(H,22,23,24)/b7-3+. The van der Waals surface area contributed by atoms with E-state index in [0.717, 1.165) is 18.3 Å². The Hall–Kier alpha value is -1.81. The van der Waals surface area contributed by atoms with Crippen LogP contribution < -0.4 is 5.32 Å². The molecule has 2 heterocycles. The van der Waals surface area contributed by atoms with E-state index in [1.807, 2.05) is 0 Å². The summed E-state index contributed by atoms with van der Waals surface area (Å²) >= 11 is 6.92. The van der Waals surface area contributed by atoms with Crippen molar-refractivity contribution in [2.75, 3.05) is 5.32 Å². The molecule has 2 aromatic rings. The van der Waals surface area contributed by atoms with Crippen LogP contribution in [-0.2, 0) is 12.4 Å². The Morgan fingerprint density at radius 1 is 1.12 bits per heavy atom. The van der Waals surface area contributed by atoms with Crippen LogP contribution in [0, 0.1) is 6.92 Å². The van der Waals surface area contributed by atoms with E-state index >= 15 is 0 Å². The van der Waals surface area contributed by atoms with Crippen LogP contribution in [0.15, 0.2) is 18.2 Å². The summed E-state index contributed by atoms with van der Waals surface area (Å²) < 4.78 is 78.1. The summed E-state index contributed by atoms with van der Waals surface area (Å²) in [7, 11) is 0. The van der Waals surface area contributed by atoms with Gasteiger partial charge >= 0.3 is 12.4 Å². The molecule has 0 unspecified atom stereocenters. The van der Waals surface area contributed by atoms with E-state index in [2.05, 4.69) is 15.3 Å². The number of nitrogens with one attached hydrogen (secondary N) is 1. The summed E-state index contributed by atoms with van der Waals surface area (Å²) in [4.78, 5) is 6.40. The quantitative estimate of drug-likeness (QED) is 0.640. The molecule has 0 aromatic carbocycles. The number of halogens is 7. The predicted octanol–water partition coefficient (Wildman–Crippen LogP) is 6.01. The molecule has 1 N–H and O–H groups in total. The fraction of sp³-hybridized carbons (Fsp3) is 0.286. The van der Waals surface area contributed by atoms with Gasteiger partial charge in [-0.3, -0.25) is 0 Å². The number of rotatable bonds is 3. The van der Waals surface area contributed by atoms with Gasteiger partial charge in [0.05, 0.1) is 14.9 Å². The smallest absolute Gasteiger partial charge is 0.339 e. The van der Waals surface area contributed by atoms with E-state index in [9.17, 15) is 26.3 Å². The molecule has 0 aliphatic rings. The maximum absolute atomic E-state index is 13.0. The van der Waals surface area contributed by atoms with Gasteiger partial charge in [0.15, 0.2) is 5.69 Å². The van der Waals surface area contributed by atoms with Gasteiger partial charge in [0, 0.05) is 5.56 Å². The van der Waals surface area contributed by atoms with Crippen molar-refractivity contribution < 1.29 is 26.3 Å². The molecule has 0 saturated carbocycles. The Bertz CT molecular complexity index is 810. The van der Waals surface area contributed by atoms with Crippen molar-refractivity contribution in [3.8, 4) is 0 Å². The van der Waals surface area contributed by atoms with Crippen molar-refractivity contribution in [1.29, 1.82) is 0 Å². The highest BCUT2D eigenvalue weighted by molar-refractivity contribution is 7.17. The molecule has 25 heavy (non-hydrogen) atoms. The molecule has 136 valence electrons. The Balaban J connectivity index is 2.56. The van der Waals surface area contributed by atoms with Crippen molar-refractivity contribution in [2.45, 2.75) is 26.2 Å². The first-order chi connectivity index (χ1) is 11.4. The second-order valence-corrected chi connectivity index (χ2v) is 6.51. The molecule has 11 heteroatoms. The molecule has 2 aromatic heterocycles. The zero-order valence-corrected chi connectivity index (χ0v) is 14.3. The molecule has 3 nitrogen and oxygen atoms in total. The largest absolute Gasteiger partial charge is 0.451 e. The van der Waals surface area contributed by atoms with Gasteiger partial charge in [-0.15, -0.1) is 11.3 Å². The lowest BCUT2D eigenvalue weighted by Crippen LogP contribution is -2.20. The minimum Gasteiger partial charge on any atom is -0.339 e. The summed E-state index contributed by atoms with van der Waals surface area (Å²) in [6, 6.07) is 3.14. The Morgan fingerprint density at radius 3 is 2.20 bits per heavy atom. The van der Waals surface area contributed by atoms with E-state index in [4.69, 9.17) is 11.6 Å². The number of hydrogen-bond acceptors (Lipinski definition) is 4. The first kappa shape index (κ1) is 19.5. The summed E-state index contributed by atoms with van der Waals surface area (Å²) in [5.74, 6) is -2.44. The van der Waals surface area contributed by atoms with E-state index in [0.29, 0.717) is 9.21 Å². The average Bonchev–Trinajstić information content (AvgIpc) is 2.90. The summed E-state index contributed by atoms with van der Waals surface area (Å²) in [6.07, 6.45) is -8.68. The van der Waals surface area contributed by atoms with Crippen LogP contribution in [0.2, 0.25) is 4.34 Å². The van der Waals surface area contributed by atoms with Crippen molar-refractivity contribution in [3.05, 3.63) is 44.5 Å². The van der Waals surface area contributed by atoms with Gasteiger partial charge in [-0.05, 0) is 26.0 Å². The second-order valence-electron chi connectivity index (χ2n) is 4.80. The molecule has 0 aliphatic carbocycles. The van der Waals surface area contributed by atoms with Gasteiger partial charge in [-0.1, -0.05) is 17.7 Å². The lowest BCUT2D eigenvalue weighted by atomic mass is 10.2. The Morgan fingerprint density at radius 2 is 1.76 bits per heavy atom. The molecule has 0 amide bonds. The SMILES string of the molecule is C/C=C(/Nc1nc(C(F)(F)F)nc(C(F)(F)F)c1C)c1ccc(Cl)s1. The molecular formula is C14H10ClF6N3S. The zero-order chi connectivity index (χ0) is 19.0. The van der Waals surface area contributed by atoms with Crippen LogP contribution in [0.4, 0.5) is 32.2 Å². The fourth-order valence-electron chi connectivity index (χ4n) is 1.90. The highest BCUT2D eigenvalue weighted by Gasteiger charge is 2.42. The van der Waals surface area contributed by atoms with Gasteiger partial charge in [-0.25, -0.2) is 9.97 Å². The minimum absolute atomic E-state index is 0.278. The van der Waals surface area contributed by atoms with Crippen molar-refractivity contribution in [2.24, 2.45) is 0 Å². The van der Waals surface area contributed by atoms with Gasteiger partial charge in [-0.2, -0.15) is 26.3 Å². The number of thiophene rings is 1. The third kappa shape index (κ3) is 4.43. The normalized spacial score (nSPS) is 13.2. The molecule has 0 atom stereocenters. The van der Waals surface area contributed by atoms with E-state index in [-0.39, 0.29) is 5.70 Å². The number of aromatic nitrogens is 2. The molecule has 0 bridgehead atoms. The number of anilines is 1. The van der Waals surface area contributed by atoms with E-state index in [1.54, 1.807) is 19.1 Å². The van der Waals surface area contributed by atoms with E-state index < -0.39 is 35.3 Å². The highest BCUT2D eigenvalue weighted by atomic mass is 35.5. The summed E-state index contributed by atoms with van der Waals surface area (Å²) in [6.45, 7) is 2.57. The second kappa shape index (κ2) is 6.83. The molecule has 2 rings (SSSR count). The Kier molecular flexibility index (Phi) is 5.33. The van der Waals surface area contributed by atoms with Crippen LogP contribution in [0.25, 0.3) is 5.70 Å². The molecule has 0 saturated heterocycles. The number of hydrogen-bond donors (Lipinski definition) is 1. The number of allylic oxidation sites excluding steroid dienone is 1. The molecule has 0 spiro atoms. The maximum atomic E-state index is 13.0. The van der Waals surface area contributed by atoms with Crippen LogP contribution in [0.3, 0.4) is 0 Å². The van der Waals surface area contributed by atoms with Gasteiger partial charge in [0.25, 0.3) is 0 Å². The van der Waals surface area contributed by atoms with Gasteiger partial charge in [0.1, 0.15) is 5.82 Å². The summed E-state index contributed by atoms with van der Waals surface area (Å²) in [5, 5.41) is 2.51. The topological polar surface area (TPSA) is 37.8 Å². The zero-order valence-electron chi connectivity index (χ0n) is 12.7. The van der Waals surface area contributed by atoms with Crippen molar-refractivity contribution in [3.63, 3.8) is 0 Å². The third-order valence-electron chi connectivity index (χ3n) is 3.05. The first-order valence-corrected chi connectivity index (χ1v) is 7.85. The van der Waals surface area contributed by atoms with Crippen molar-refractivity contribution >= 4 is 34.5 Å². The molecule has 0 radical (unpaired) electrons. The fourth-order valence-corrected chi connectivity index (χ4v) is 2.98. The van der Waals surface area contributed by atoms with Gasteiger partial charge < -0.3 is 5.32 Å². The van der Waals surface area contributed by atoms with Gasteiger partial charge in [0.2, 0.25) is 5.82 Å². The molecular weight excluding hydrogens is 392 g/mol. The first-order valence-electron chi connectivity index (χ1n) is 6.65. The summed E-state index contributed by atoms with van der Waals surface area (Å²) in [5.41, 5.74) is -1.90. The molecule has 0 aliphatic heterocycles. The van der Waals surface area contributed by atoms with Crippen LogP contribution in [0.1, 0.15) is 28.9 Å². The lowest BCUT2D eigenvalue weighted by molar-refractivity contribution is -0.152. The Labute approximate surface area is 147 Å². The predicted molar refractivity (Wildman–Crippen MR) is 83.4 cm³/mol. The highest BCUT2D eigenvalue weighted by Crippen LogP contribution is 2.37. The lowest BCUT2D eigenvalue weighted by Gasteiger charge is -2.17. The minimum atomic E-state index is -5.12. The van der Waals surface area contributed by atoms with E-state index in [1.165, 1.54) is 6.08 Å². The number of nitrogens with zero attached hydrogens (tertiary/aromatic N) is 2. The van der Waals surface area contributed by atoms with Crippen LogP contribution in [-0.4, -0.2) is 9.97 Å². The maximum Gasteiger partial charge on any atom is 0.451 e. The average molecular weight is 402 g/mol. The third-order valence-corrected chi connectivity index (χ3v) is 4.31. The van der Waals surface area contributed by atoms with Crippen molar-refractivity contribution in [1.82, 2.24) is 9.97 Å². The number of alkyl halides is 6.